The van der Waals surface area contributed by atoms with Gasteiger partial charge in [-0.25, -0.2) is 0 Å². The van der Waals surface area contributed by atoms with Gasteiger partial charge in [-0.05, 0) is 128 Å². The molecule has 6 nitrogen and oxygen atoms in total. The second kappa shape index (κ2) is 63.6. The Labute approximate surface area is 473 Å². The van der Waals surface area contributed by atoms with E-state index in [2.05, 4.69) is 167 Å². The quantitative estimate of drug-likeness (QED) is 0.0261. The zero-order valence-electron chi connectivity index (χ0n) is 49.4. The van der Waals surface area contributed by atoms with Crippen LogP contribution in [0.15, 0.2) is 158 Å². The van der Waals surface area contributed by atoms with Gasteiger partial charge in [0, 0.05) is 19.3 Å². The molecule has 0 aliphatic rings. The summed E-state index contributed by atoms with van der Waals surface area (Å²) in [4.78, 5) is 38.3. The standard InChI is InChI=1S/C71H112O6/c1-4-7-10-13-16-19-22-25-28-31-33-34-35-36-38-40-43-46-49-52-55-58-61-64-70(73)76-67-68(66-75-69(72)63-60-57-54-51-48-45-42-39-30-27-24-21-18-15-12-9-6-3)77-71(74)65-62-59-56-53-50-47-44-41-37-32-29-26-23-20-17-14-11-8-5-2/h7-12,16-21,25-30,33-34,37,41,47,50,56,59,68H,4-6,13-15,22-24,31-32,35-36,38-40,42-46,48-49,51-55,57-58,60-67H2,1-3H3/b10-7-,11-8-,12-9-,19-16-,20-17-,21-18-,28-25-,29-26-,30-27-,34-33-,41-37-,50-47-,59-56-. The van der Waals surface area contributed by atoms with E-state index in [0.29, 0.717) is 19.3 Å². The van der Waals surface area contributed by atoms with Crippen LogP contribution in [0.3, 0.4) is 0 Å². The van der Waals surface area contributed by atoms with Crippen LogP contribution in [0, 0.1) is 0 Å². The zero-order valence-corrected chi connectivity index (χ0v) is 49.4. The second-order valence-electron chi connectivity index (χ2n) is 19.8. The fourth-order valence-corrected chi connectivity index (χ4v) is 8.00. The van der Waals surface area contributed by atoms with E-state index < -0.39 is 12.1 Å². The van der Waals surface area contributed by atoms with E-state index >= 15 is 0 Å². The monoisotopic (exact) mass is 1060 g/mol. The molecule has 0 spiro atoms. The van der Waals surface area contributed by atoms with E-state index in [1.165, 1.54) is 77.0 Å². The van der Waals surface area contributed by atoms with Crippen molar-refractivity contribution in [3.63, 3.8) is 0 Å². The summed E-state index contributed by atoms with van der Waals surface area (Å²) >= 11 is 0. The van der Waals surface area contributed by atoms with Crippen LogP contribution < -0.4 is 0 Å². The number of hydrogen-bond acceptors (Lipinski definition) is 6. The molecule has 0 saturated carbocycles. The van der Waals surface area contributed by atoms with E-state index in [1.807, 2.05) is 12.2 Å². The van der Waals surface area contributed by atoms with E-state index in [9.17, 15) is 14.4 Å². The second-order valence-corrected chi connectivity index (χ2v) is 19.8. The van der Waals surface area contributed by atoms with E-state index in [0.717, 1.165) is 128 Å². The van der Waals surface area contributed by atoms with Crippen LogP contribution in [-0.2, 0) is 28.6 Å². The largest absolute Gasteiger partial charge is 0.462 e. The van der Waals surface area contributed by atoms with Crippen molar-refractivity contribution in [2.24, 2.45) is 0 Å². The molecule has 0 fully saturated rings. The van der Waals surface area contributed by atoms with Gasteiger partial charge >= 0.3 is 17.9 Å². The predicted octanol–water partition coefficient (Wildman–Crippen LogP) is 21.3. The maximum absolute atomic E-state index is 12.9. The van der Waals surface area contributed by atoms with E-state index in [1.54, 1.807) is 0 Å². The van der Waals surface area contributed by atoms with Gasteiger partial charge in [0.25, 0.3) is 0 Å². The average Bonchev–Trinajstić information content (AvgIpc) is 3.43. The van der Waals surface area contributed by atoms with Gasteiger partial charge in [-0.3, -0.25) is 14.4 Å². The van der Waals surface area contributed by atoms with Crippen LogP contribution in [0.25, 0.3) is 0 Å². The minimum atomic E-state index is -0.834. The molecule has 0 bridgehead atoms. The van der Waals surface area contributed by atoms with Crippen LogP contribution in [0.5, 0.6) is 0 Å². The topological polar surface area (TPSA) is 78.9 Å². The lowest BCUT2D eigenvalue weighted by atomic mass is 10.1. The first-order valence-corrected chi connectivity index (χ1v) is 31.0. The highest BCUT2D eigenvalue weighted by Crippen LogP contribution is 2.14. The highest BCUT2D eigenvalue weighted by molar-refractivity contribution is 5.71. The van der Waals surface area contributed by atoms with Gasteiger partial charge in [0.05, 0.1) is 0 Å². The van der Waals surface area contributed by atoms with Crippen LogP contribution >= 0.6 is 0 Å². The Bertz CT molecular complexity index is 1740. The molecule has 432 valence electrons. The smallest absolute Gasteiger partial charge is 0.306 e. The molecule has 0 aromatic rings. The van der Waals surface area contributed by atoms with Crippen LogP contribution in [0.2, 0.25) is 0 Å². The Kier molecular flexibility index (Phi) is 59.5. The molecule has 0 aromatic carbocycles. The first kappa shape index (κ1) is 72.0. The van der Waals surface area contributed by atoms with Gasteiger partial charge in [-0.15, -0.1) is 0 Å². The third-order valence-corrected chi connectivity index (χ3v) is 12.5. The molecule has 0 aromatic heterocycles. The summed E-state index contributed by atoms with van der Waals surface area (Å²) in [6, 6.07) is 0. The Balaban J connectivity index is 4.51. The maximum atomic E-state index is 12.9. The summed E-state index contributed by atoms with van der Waals surface area (Å²) in [7, 11) is 0. The minimum absolute atomic E-state index is 0.120. The molecule has 6 heteroatoms. The van der Waals surface area contributed by atoms with Crippen LogP contribution in [0.1, 0.15) is 252 Å². The lowest BCUT2D eigenvalue weighted by Gasteiger charge is -2.18. The molecule has 0 amide bonds. The predicted molar refractivity (Wildman–Crippen MR) is 334 cm³/mol. The first-order valence-electron chi connectivity index (χ1n) is 31.0. The van der Waals surface area contributed by atoms with Crippen molar-refractivity contribution in [1.29, 1.82) is 0 Å². The Hall–Kier alpha value is -4.97. The van der Waals surface area contributed by atoms with Gasteiger partial charge in [-0.2, -0.15) is 0 Å². The SMILES string of the molecule is CC/C=C\C/C=C\C/C=C\C/C=C\C/C=C\C/C=C\CCC(=O)OC(COC(=O)CCCCCCCCC/C=C\C/C=C\C/C=C\CC)COC(=O)CCCCCCCCCCCC/C=C\C/C=C\C/C=C\C/C=C\CC. The molecule has 77 heavy (non-hydrogen) atoms. The van der Waals surface area contributed by atoms with Gasteiger partial charge < -0.3 is 14.2 Å². The highest BCUT2D eigenvalue weighted by Gasteiger charge is 2.19. The molecule has 0 heterocycles. The number of allylic oxidation sites excluding steroid dienone is 26. The summed E-state index contributed by atoms with van der Waals surface area (Å²) < 4.78 is 16.8. The summed E-state index contributed by atoms with van der Waals surface area (Å²) in [6.07, 6.45) is 92.5. The number of rotatable bonds is 54. The number of esters is 3. The average molecular weight is 1060 g/mol. The lowest BCUT2D eigenvalue weighted by molar-refractivity contribution is -0.166. The molecule has 1 unspecified atom stereocenters. The number of ether oxygens (including phenoxy) is 3. The molecule has 1 atom stereocenters. The van der Waals surface area contributed by atoms with Crippen molar-refractivity contribution in [1.82, 2.24) is 0 Å². The maximum Gasteiger partial charge on any atom is 0.306 e. The third-order valence-electron chi connectivity index (χ3n) is 12.5. The summed E-state index contributed by atoms with van der Waals surface area (Å²) in [6.45, 7) is 6.23. The fraction of sp³-hybridized carbons (Fsp3) is 0.592. The fourth-order valence-electron chi connectivity index (χ4n) is 8.00. The van der Waals surface area contributed by atoms with Crippen molar-refractivity contribution >= 4 is 17.9 Å². The minimum Gasteiger partial charge on any atom is -0.462 e. The highest BCUT2D eigenvalue weighted by atomic mass is 16.6. The van der Waals surface area contributed by atoms with Crippen molar-refractivity contribution in [3.05, 3.63) is 158 Å². The lowest BCUT2D eigenvalue weighted by Crippen LogP contribution is -2.30. The molecular weight excluding hydrogens is 949 g/mol. The molecule has 0 N–H and O–H groups in total. The Morgan fingerprint density at radius 3 is 0.779 bits per heavy atom. The van der Waals surface area contributed by atoms with Crippen molar-refractivity contribution in [2.75, 3.05) is 13.2 Å². The summed E-state index contributed by atoms with van der Waals surface area (Å²) in [5.41, 5.74) is 0. The van der Waals surface area contributed by atoms with Crippen molar-refractivity contribution < 1.29 is 28.6 Å². The third kappa shape index (κ3) is 61.8. The van der Waals surface area contributed by atoms with Gasteiger partial charge in [0.2, 0.25) is 0 Å². The van der Waals surface area contributed by atoms with Gasteiger partial charge in [-0.1, -0.05) is 262 Å². The van der Waals surface area contributed by atoms with E-state index in [-0.39, 0.29) is 31.6 Å². The molecule has 0 radical (unpaired) electrons. The number of carbonyl (C=O) groups is 3. The van der Waals surface area contributed by atoms with Crippen LogP contribution in [0.4, 0.5) is 0 Å². The molecule has 0 rings (SSSR count). The van der Waals surface area contributed by atoms with E-state index in [4.69, 9.17) is 14.2 Å². The summed E-state index contributed by atoms with van der Waals surface area (Å²) in [5.74, 6) is -1.02. The number of carbonyl (C=O) groups excluding carboxylic acids is 3. The normalized spacial score (nSPS) is 13.2. The number of unbranched alkanes of at least 4 members (excludes halogenated alkanes) is 17. The Morgan fingerprint density at radius 2 is 0.494 bits per heavy atom. The zero-order chi connectivity index (χ0) is 55.7. The van der Waals surface area contributed by atoms with Gasteiger partial charge in [0.1, 0.15) is 13.2 Å². The van der Waals surface area contributed by atoms with Crippen LogP contribution in [-0.4, -0.2) is 37.2 Å². The van der Waals surface area contributed by atoms with Crippen molar-refractivity contribution in [2.45, 2.75) is 258 Å². The summed E-state index contributed by atoms with van der Waals surface area (Å²) in [5, 5.41) is 0. The molecule has 0 aliphatic carbocycles. The van der Waals surface area contributed by atoms with Crippen molar-refractivity contribution in [3.8, 4) is 0 Å². The molecule has 0 aliphatic heterocycles. The molecular formula is C71H112O6. The molecule has 0 saturated heterocycles. The van der Waals surface area contributed by atoms with Gasteiger partial charge in [0.15, 0.2) is 6.10 Å². The number of hydrogen-bond donors (Lipinski definition) is 0. The Morgan fingerprint density at radius 1 is 0.260 bits per heavy atom. The first-order chi connectivity index (χ1) is 38.0.